The molecule has 114 valence electrons. The lowest BCUT2D eigenvalue weighted by atomic mass is 10.0. The number of fused-ring (bicyclic) bond motifs is 1. The second-order valence-corrected chi connectivity index (χ2v) is 7.37. The number of anilines is 3. The Kier molecular flexibility index (Phi) is 4.02. The van der Waals surface area contributed by atoms with Crippen LogP contribution < -0.4 is 16.4 Å². The van der Waals surface area contributed by atoms with Crippen LogP contribution in [0, 0.1) is 0 Å². The average Bonchev–Trinajstić information content (AvgIpc) is 2.94. The van der Waals surface area contributed by atoms with E-state index in [4.69, 9.17) is 5.73 Å². The van der Waals surface area contributed by atoms with Gasteiger partial charge in [-0.15, -0.1) is 0 Å². The summed E-state index contributed by atoms with van der Waals surface area (Å²) in [5, 5.41) is 6.44. The minimum absolute atomic E-state index is 0.0786. The molecule has 3 rings (SSSR count). The fourth-order valence-corrected chi connectivity index (χ4v) is 4.24. The van der Waals surface area contributed by atoms with Gasteiger partial charge in [-0.25, -0.2) is 0 Å². The van der Waals surface area contributed by atoms with Crippen molar-refractivity contribution in [1.82, 2.24) is 0 Å². The SMILES string of the molecule is CSC1(CNc2cc3c(cc2N)NC(=O)CC3)CCCC1. The lowest BCUT2D eigenvalue weighted by Gasteiger charge is -2.28. The van der Waals surface area contributed by atoms with Crippen LogP contribution in [-0.2, 0) is 11.2 Å². The van der Waals surface area contributed by atoms with E-state index in [1.165, 1.54) is 31.2 Å². The van der Waals surface area contributed by atoms with Gasteiger partial charge in [-0.2, -0.15) is 11.8 Å². The van der Waals surface area contributed by atoms with E-state index in [0.29, 0.717) is 16.9 Å². The third-order valence-electron chi connectivity index (χ3n) is 4.72. The molecule has 0 aromatic heterocycles. The average molecular weight is 305 g/mol. The maximum Gasteiger partial charge on any atom is 0.224 e. The summed E-state index contributed by atoms with van der Waals surface area (Å²) in [6.07, 6.45) is 8.78. The summed E-state index contributed by atoms with van der Waals surface area (Å²) in [6.45, 7) is 0.962. The van der Waals surface area contributed by atoms with E-state index < -0.39 is 0 Å². The predicted octanol–water partition coefficient (Wildman–Crippen LogP) is 3.24. The van der Waals surface area contributed by atoms with Crippen LogP contribution in [0.15, 0.2) is 12.1 Å². The number of benzene rings is 1. The molecular formula is C16H23N3OS. The molecule has 1 fully saturated rings. The number of carbonyl (C=O) groups excluding carboxylic acids is 1. The normalized spacial score (nSPS) is 20.0. The third kappa shape index (κ3) is 2.98. The Morgan fingerprint density at radius 2 is 2.10 bits per heavy atom. The van der Waals surface area contributed by atoms with Crippen molar-refractivity contribution in [2.45, 2.75) is 43.3 Å². The van der Waals surface area contributed by atoms with Crippen molar-refractivity contribution in [3.8, 4) is 0 Å². The Morgan fingerprint density at radius 3 is 2.81 bits per heavy atom. The number of carbonyl (C=O) groups is 1. The van der Waals surface area contributed by atoms with Crippen LogP contribution in [-0.4, -0.2) is 23.5 Å². The van der Waals surface area contributed by atoms with E-state index in [1.54, 1.807) is 0 Å². The van der Waals surface area contributed by atoms with Crippen molar-refractivity contribution < 1.29 is 4.79 Å². The van der Waals surface area contributed by atoms with E-state index in [2.05, 4.69) is 23.0 Å². The number of nitrogens with two attached hydrogens (primary N) is 1. The molecule has 4 N–H and O–H groups in total. The van der Waals surface area contributed by atoms with Crippen LogP contribution in [0.1, 0.15) is 37.7 Å². The zero-order valence-electron chi connectivity index (χ0n) is 12.5. The summed E-state index contributed by atoms with van der Waals surface area (Å²) >= 11 is 1.97. The summed E-state index contributed by atoms with van der Waals surface area (Å²) < 4.78 is 0.358. The fourth-order valence-electron chi connectivity index (χ4n) is 3.33. The van der Waals surface area contributed by atoms with Gasteiger partial charge in [0.1, 0.15) is 0 Å². The number of aryl methyl sites for hydroxylation is 1. The highest BCUT2D eigenvalue weighted by Gasteiger charge is 2.32. The van der Waals surface area contributed by atoms with Gasteiger partial charge < -0.3 is 16.4 Å². The summed E-state index contributed by atoms with van der Waals surface area (Å²) in [4.78, 5) is 11.4. The Hall–Kier alpha value is -1.36. The van der Waals surface area contributed by atoms with Crippen LogP contribution in [0.25, 0.3) is 0 Å². The first kappa shape index (κ1) is 14.6. The van der Waals surface area contributed by atoms with Gasteiger partial charge >= 0.3 is 0 Å². The molecule has 0 spiro atoms. The number of hydrogen-bond acceptors (Lipinski definition) is 4. The van der Waals surface area contributed by atoms with Crippen molar-refractivity contribution in [1.29, 1.82) is 0 Å². The molecule has 0 unspecified atom stereocenters. The van der Waals surface area contributed by atoms with Crippen LogP contribution in [0.2, 0.25) is 0 Å². The molecule has 1 amide bonds. The van der Waals surface area contributed by atoms with Crippen LogP contribution in [0.4, 0.5) is 17.1 Å². The molecule has 1 heterocycles. The minimum Gasteiger partial charge on any atom is -0.397 e. The second-order valence-electron chi connectivity index (χ2n) is 6.09. The smallest absolute Gasteiger partial charge is 0.224 e. The molecule has 4 nitrogen and oxygen atoms in total. The second kappa shape index (κ2) is 5.79. The zero-order chi connectivity index (χ0) is 14.9. The molecule has 1 aromatic carbocycles. The first-order valence-electron chi connectivity index (χ1n) is 7.63. The maximum atomic E-state index is 11.4. The van der Waals surface area contributed by atoms with Gasteiger partial charge in [0.15, 0.2) is 0 Å². The van der Waals surface area contributed by atoms with Crippen LogP contribution in [0.5, 0.6) is 0 Å². The topological polar surface area (TPSA) is 67.2 Å². The van der Waals surface area contributed by atoms with E-state index in [0.717, 1.165) is 24.3 Å². The summed E-state index contributed by atoms with van der Waals surface area (Å²) in [5.74, 6) is 0.0786. The largest absolute Gasteiger partial charge is 0.397 e. The highest BCUT2D eigenvalue weighted by atomic mass is 32.2. The Morgan fingerprint density at radius 1 is 1.33 bits per heavy atom. The van der Waals surface area contributed by atoms with Gasteiger partial charge in [-0.05, 0) is 43.2 Å². The van der Waals surface area contributed by atoms with Crippen molar-refractivity contribution in [3.63, 3.8) is 0 Å². The molecule has 0 bridgehead atoms. The van der Waals surface area contributed by atoms with Crippen molar-refractivity contribution in [3.05, 3.63) is 17.7 Å². The number of nitrogens with one attached hydrogen (secondary N) is 2. The van der Waals surface area contributed by atoms with Crippen molar-refractivity contribution >= 4 is 34.7 Å². The fraction of sp³-hybridized carbons (Fsp3) is 0.562. The molecule has 5 heteroatoms. The molecule has 2 aliphatic rings. The monoisotopic (exact) mass is 305 g/mol. The third-order valence-corrected chi connectivity index (χ3v) is 6.14. The number of amides is 1. The number of nitrogen functional groups attached to an aromatic ring is 1. The van der Waals surface area contributed by atoms with Crippen LogP contribution in [0.3, 0.4) is 0 Å². The molecule has 1 saturated carbocycles. The van der Waals surface area contributed by atoms with Gasteiger partial charge in [-0.1, -0.05) is 12.8 Å². The van der Waals surface area contributed by atoms with E-state index in [-0.39, 0.29) is 5.91 Å². The van der Waals surface area contributed by atoms with E-state index in [9.17, 15) is 4.79 Å². The quantitative estimate of drug-likeness (QED) is 0.747. The number of rotatable bonds is 4. The van der Waals surface area contributed by atoms with Gasteiger partial charge in [0.25, 0.3) is 0 Å². The molecule has 0 atom stereocenters. The van der Waals surface area contributed by atoms with Crippen molar-refractivity contribution in [2.75, 3.05) is 29.2 Å². The van der Waals surface area contributed by atoms with E-state index >= 15 is 0 Å². The highest BCUT2D eigenvalue weighted by Crippen LogP contribution is 2.41. The standard InChI is InChI=1S/C16H23N3OS/c1-21-16(6-2-3-7-16)10-18-14-8-11-4-5-15(20)19-13(11)9-12(14)17/h8-9,18H,2-7,10,17H2,1H3,(H,19,20). The first-order valence-corrected chi connectivity index (χ1v) is 8.86. The lowest BCUT2D eigenvalue weighted by molar-refractivity contribution is -0.116. The minimum atomic E-state index is 0.0786. The first-order chi connectivity index (χ1) is 10.1. The molecule has 21 heavy (non-hydrogen) atoms. The Labute approximate surface area is 130 Å². The molecular weight excluding hydrogens is 282 g/mol. The molecule has 0 saturated heterocycles. The Balaban J connectivity index is 1.75. The summed E-state index contributed by atoms with van der Waals surface area (Å²) in [7, 11) is 0. The maximum absolute atomic E-state index is 11.4. The van der Waals surface area contributed by atoms with Gasteiger partial charge in [0.05, 0.1) is 11.4 Å². The zero-order valence-corrected chi connectivity index (χ0v) is 13.3. The summed E-state index contributed by atoms with van der Waals surface area (Å²) in [6, 6.07) is 3.99. The molecule has 0 radical (unpaired) electrons. The number of thioether (sulfide) groups is 1. The number of hydrogen-bond donors (Lipinski definition) is 3. The summed E-state index contributed by atoms with van der Waals surface area (Å²) in [5.41, 5.74) is 9.90. The Bertz CT molecular complexity index is 553. The van der Waals surface area contributed by atoms with Crippen LogP contribution >= 0.6 is 11.8 Å². The molecule has 1 aliphatic carbocycles. The molecule has 1 aromatic rings. The van der Waals surface area contributed by atoms with E-state index in [1.807, 2.05) is 17.8 Å². The predicted molar refractivity (Wildman–Crippen MR) is 91.0 cm³/mol. The van der Waals surface area contributed by atoms with Gasteiger partial charge in [0.2, 0.25) is 5.91 Å². The molecule has 1 aliphatic heterocycles. The van der Waals surface area contributed by atoms with Gasteiger partial charge in [0, 0.05) is 23.4 Å². The lowest BCUT2D eigenvalue weighted by Crippen LogP contribution is -2.30. The van der Waals surface area contributed by atoms with Crippen molar-refractivity contribution in [2.24, 2.45) is 0 Å². The van der Waals surface area contributed by atoms with Gasteiger partial charge in [-0.3, -0.25) is 4.79 Å². The highest BCUT2D eigenvalue weighted by molar-refractivity contribution is 8.00.